The Bertz CT molecular complexity index is 413. The summed E-state index contributed by atoms with van der Waals surface area (Å²) in [7, 11) is 0. The van der Waals surface area contributed by atoms with E-state index in [4.69, 9.17) is 4.74 Å². The molecule has 2 rings (SSSR count). The van der Waals surface area contributed by atoms with Crippen molar-refractivity contribution in [2.45, 2.75) is 57.3 Å². The average Bonchev–Trinajstić information content (AvgIpc) is 2.50. The van der Waals surface area contributed by atoms with Crippen LogP contribution in [0.4, 0.5) is 0 Å². The van der Waals surface area contributed by atoms with E-state index in [-0.39, 0.29) is 18.1 Å². The highest BCUT2D eigenvalue weighted by molar-refractivity contribution is 5.76. The Morgan fingerprint density at radius 1 is 1.19 bits per heavy atom. The topological polar surface area (TPSA) is 58.6 Å². The van der Waals surface area contributed by atoms with Gasteiger partial charge in [-0.2, -0.15) is 0 Å². The fourth-order valence-electron chi connectivity index (χ4n) is 2.62. The predicted molar refractivity (Wildman–Crippen MR) is 81.7 cm³/mol. The maximum Gasteiger partial charge on any atom is 0.220 e. The SMILES string of the molecule is O=C(CCCOCc1ccccc1)NC1CCC(O)CC1. The van der Waals surface area contributed by atoms with E-state index in [9.17, 15) is 9.90 Å². The number of carbonyl (C=O) groups is 1. The summed E-state index contributed by atoms with van der Waals surface area (Å²) in [6.07, 6.45) is 4.44. The second-order valence-electron chi connectivity index (χ2n) is 5.71. The van der Waals surface area contributed by atoms with Crippen molar-refractivity contribution in [3.8, 4) is 0 Å². The first-order valence-electron chi connectivity index (χ1n) is 7.83. The molecule has 0 bridgehead atoms. The van der Waals surface area contributed by atoms with Crippen molar-refractivity contribution in [3.63, 3.8) is 0 Å². The molecule has 1 aliphatic rings. The van der Waals surface area contributed by atoms with E-state index in [0.29, 0.717) is 19.6 Å². The van der Waals surface area contributed by atoms with Gasteiger partial charge in [0, 0.05) is 19.1 Å². The monoisotopic (exact) mass is 291 g/mol. The molecule has 1 amide bonds. The van der Waals surface area contributed by atoms with Gasteiger partial charge >= 0.3 is 0 Å². The van der Waals surface area contributed by atoms with Crippen LogP contribution in [0.25, 0.3) is 0 Å². The van der Waals surface area contributed by atoms with Gasteiger partial charge in [0.25, 0.3) is 0 Å². The second kappa shape index (κ2) is 8.80. The summed E-state index contributed by atoms with van der Waals surface area (Å²) in [5.41, 5.74) is 1.16. The third kappa shape index (κ3) is 6.27. The highest BCUT2D eigenvalue weighted by Gasteiger charge is 2.20. The Labute approximate surface area is 126 Å². The fourth-order valence-corrected chi connectivity index (χ4v) is 2.62. The summed E-state index contributed by atoms with van der Waals surface area (Å²) in [5.74, 6) is 0.0969. The lowest BCUT2D eigenvalue weighted by Crippen LogP contribution is -2.38. The molecule has 0 spiro atoms. The summed E-state index contributed by atoms with van der Waals surface area (Å²) in [5, 5.41) is 12.5. The Balaban J connectivity index is 1.51. The normalized spacial score (nSPS) is 22.0. The van der Waals surface area contributed by atoms with E-state index in [1.54, 1.807) is 0 Å². The molecule has 0 atom stereocenters. The fraction of sp³-hybridized carbons (Fsp3) is 0.588. The number of hydrogen-bond acceptors (Lipinski definition) is 3. The van der Waals surface area contributed by atoms with E-state index < -0.39 is 0 Å². The minimum atomic E-state index is -0.176. The summed E-state index contributed by atoms with van der Waals surface area (Å²) in [4.78, 5) is 11.8. The Morgan fingerprint density at radius 2 is 1.90 bits per heavy atom. The summed E-state index contributed by atoms with van der Waals surface area (Å²) >= 11 is 0. The third-order valence-corrected chi connectivity index (χ3v) is 3.87. The Kier molecular flexibility index (Phi) is 6.70. The number of aliphatic hydroxyl groups is 1. The number of ether oxygens (including phenoxy) is 1. The van der Waals surface area contributed by atoms with Crippen LogP contribution in [0.5, 0.6) is 0 Å². The lowest BCUT2D eigenvalue weighted by Gasteiger charge is -2.26. The van der Waals surface area contributed by atoms with Crippen LogP contribution in [0.3, 0.4) is 0 Å². The highest BCUT2D eigenvalue weighted by atomic mass is 16.5. The smallest absolute Gasteiger partial charge is 0.220 e. The standard InChI is InChI=1S/C17H25NO3/c19-16-10-8-15(9-11-16)18-17(20)7-4-12-21-13-14-5-2-1-3-6-14/h1-3,5-6,15-16,19H,4,7-13H2,(H,18,20). The van der Waals surface area contributed by atoms with Crippen LogP contribution in [0.15, 0.2) is 30.3 Å². The summed E-state index contributed by atoms with van der Waals surface area (Å²) in [6.45, 7) is 1.20. The van der Waals surface area contributed by atoms with E-state index in [1.807, 2.05) is 30.3 Å². The zero-order chi connectivity index (χ0) is 14.9. The molecule has 1 aromatic carbocycles. The lowest BCUT2D eigenvalue weighted by atomic mass is 9.93. The van der Waals surface area contributed by atoms with Crippen molar-refractivity contribution in [3.05, 3.63) is 35.9 Å². The third-order valence-electron chi connectivity index (χ3n) is 3.87. The second-order valence-corrected chi connectivity index (χ2v) is 5.71. The zero-order valence-corrected chi connectivity index (χ0v) is 12.5. The number of nitrogens with one attached hydrogen (secondary N) is 1. The van der Waals surface area contributed by atoms with Crippen molar-refractivity contribution >= 4 is 5.91 Å². The minimum Gasteiger partial charge on any atom is -0.393 e. The largest absolute Gasteiger partial charge is 0.393 e. The van der Waals surface area contributed by atoms with Crippen molar-refractivity contribution in [2.24, 2.45) is 0 Å². The van der Waals surface area contributed by atoms with Crippen LogP contribution in [-0.4, -0.2) is 29.8 Å². The molecule has 0 radical (unpaired) electrons. The van der Waals surface area contributed by atoms with E-state index in [1.165, 1.54) is 0 Å². The van der Waals surface area contributed by atoms with Crippen LogP contribution in [0.1, 0.15) is 44.1 Å². The summed E-state index contributed by atoms with van der Waals surface area (Å²) < 4.78 is 5.56. The van der Waals surface area contributed by atoms with E-state index >= 15 is 0 Å². The summed E-state index contributed by atoms with van der Waals surface area (Å²) in [6, 6.07) is 10.3. The maximum atomic E-state index is 11.8. The van der Waals surface area contributed by atoms with Gasteiger partial charge in [-0.25, -0.2) is 0 Å². The number of aliphatic hydroxyl groups excluding tert-OH is 1. The van der Waals surface area contributed by atoms with Gasteiger partial charge in [-0.15, -0.1) is 0 Å². The molecule has 1 fully saturated rings. The molecule has 0 aromatic heterocycles. The molecule has 0 aliphatic heterocycles. The first-order valence-corrected chi connectivity index (χ1v) is 7.83. The van der Waals surface area contributed by atoms with Gasteiger partial charge in [0.05, 0.1) is 12.7 Å². The van der Waals surface area contributed by atoms with Gasteiger partial charge in [0.2, 0.25) is 5.91 Å². The number of hydrogen-bond donors (Lipinski definition) is 2. The number of amides is 1. The Hall–Kier alpha value is -1.39. The minimum absolute atomic E-state index is 0.0969. The molecular formula is C17H25NO3. The van der Waals surface area contributed by atoms with Crippen LogP contribution in [0, 0.1) is 0 Å². The lowest BCUT2D eigenvalue weighted by molar-refractivity contribution is -0.122. The first-order chi connectivity index (χ1) is 10.2. The number of rotatable bonds is 7. The Morgan fingerprint density at radius 3 is 2.62 bits per heavy atom. The molecule has 1 saturated carbocycles. The van der Waals surface area contributed by atoms with Crippen LogP contribution in [-0.2, 0) is 16.1 Å². The van der Waals surface area contributed by atoms with Crippen molar-refractivity contribution < 1.29 is 14.6 Å². The van der Waals surface area contributed by atoms with E-state index in [2.05, 4.69) is 5.32 Å². The van der Waals surface area contributed by atoms with Crippen molar-refractivity contribution in [1.29, 1.82) is 0 Å². The zero-order valence-electron chi connectivity index (χ0n) is 12.5. The van der Waals surface area contributed by atoms with Gasteiger partial charge in [-0.05, 0) is 37.7 Å². The molecule has 1 aliphatic carbocycles. The van der Waals surface area contributed by atoms with Gasteiger partial charge in [-0.1, -0.05) is 30.3 Å². The van der Waals surface area contributed by atoms with Gasteiger partial charge in [-0.3, -0.25) is 4.79 Å². The molecule has 4 heteroatoms. The maximum absolute atomic E-state index is 11.8. The van der Waals surface area contributed by atoms with Gasteiger partial charge in [0.15, 0.2) is 0 Å². The predicted octanol–water partition coefficient (Wildman–Crippen LogP) is 2.40. The molecule has 4 nitrogen and oxygen atoms in total. The molecule has 2 N–H and O–H groups in total. The average molecular weight is 291 g/mol. The molecule has 116 valence electrons. The number of benzene rings is 1. The van der Waals surface area contributed by atoms with Gasteiger partial charge in [0.1, 0.15) is 0 Å². The van der Waals surface area contributed by atoms with E-state index in [0.717, 1.165) is 37.7 Å². The van der Waals surface area contributed by atoms with Crippen LogP contribution in [0.2, 0.25) is 0 Å². The van der Waals surface area contributed by atoms with Crippen molar-refractivity contribution in [1.82, 2.24) is 5.32 Å². The highest BCUT2D eigenvalue weighted by Crippen LogP contribution is 2.18. The van der Waals surface area contributed by atoms with Gasteiger partial charge < -0.3 is 15.2 Å². The van der Waals surface area contributed by atoms with Crippen LogP contribution < -0.4 is 5.32 Å². The molecule has 0 saturated heterocycles. The molecule has 1 aromatic rings. The quantitative estimate of drug-likeness (QED) is 0.758. The number of carbonyl (C=O) groups excluding carboxylic acids is 1. The van der Waals surface area contributed by atoms with Crippen LogP contribution >= 0.6 is 0 Å². The molecule has 21 heavy (non-hydrogen) atoms. The first kappa shape index (κ1) is 16.0. The molecule has 0 unspecified atom stereocenters. The van der Waals surface area contributed by atoms with Crippen molar-refractivity contribution in [2.75, 3.05) is 6.61 Å². The molecular weight excluding hydrogens is 266 g/mol. The molecule has 0 heterocycles.